The second-order valence-electron chi connectivity index (χ2n) is 4.18. The van der Waals surface area contributed by atoms with Crippen LogP contribution in [0.15, 0.2) is 36.7 Å². The lowest BCUT2D eigenvalue weighted by atomic mass is 10.1. The van der Waals surface area contributed by atoms with Crippen LogP contribution in [-0.4, -0.2) is 16.6 Å². The molecule has 1 aromatic heterocycles. The molecule has 0 atom stereocenters. The molecule has 21 heavy (non-hydrogen) atoms. The van der Waals surface area contributed by atoms with Gasteiger partial charge in [0.25, 0.3) is 0 Å². The van der Waals surface area contributed by atoms with Crippen molar-refractivity contribution in [3.63, 3.8) is 0 Å². The second kappa shape index (κ2) is 6.43. The van der Waals surface area contributed by atoms with Crippen LogP contribution in [0, 0.1) is 0 Å². The van der Waals surface area contributed by atoms with Gasteiger partial charge in [-0.2, -0.15) is 13.2 Å². The van der Waals surface area contributed by atoms with E-state index in [2.05, 4.69) is 15.3 Å². The second-order valence-corrected chi connectivity index (χ2v) is 4.18. The van der Waals surface area contributed by atoms with E-state index in [1.165, 1.54) is 18.5 Å². The van der Waals surface area contributed by atoms with Crippen LogP contribution < -0.4 is 10.1 Å². The van der Waals surface area contributed by atoms with Crippen LogP contribution in [0.1, 0.15) is 18.1 Å². The molecule has 4 nitrogen and oxygen atoms in total. The van der Waals surface area contributed by atoms with Crippen LogP contribution in [0.3, 0.4) is 0 Å². The number of nitrogens with zero attached hydrogens (tertiary/aromatic N) is 2. The Balaban J connectivity index is 2.12. The monoisotopic (exact) mass is 297 g/mol. The van der Waals surface area contributed by atoms with Gasteiger partial charge < -0.3 is 10.1 Å². The molecular weight excluding hydrogens is 283 g/mol. The largest absolute Gasteiger partial charge is 0.478 e. The number of rotatable bonds is 5. The van der Waals surface area contributed by atoms with Gasteiger partial charge in [-0.3, -0.25) is 0 Å². The Morgan fingerprint density at radius 3 is 2.67 bits per heavy atom. The van der Waals surface area contributed by atoms with E-state index in [4.69, 9.17) is 4.74 Å². The molecule has 0 saturated heterocycles. The molecular formula is C14H14F3N3O. The summed E-state index contributed by atoms with van der Waals surface area (Å²) in [5.74, 6) is 0.782. The highest BCUT2D eigenvalue weighted by atomic mass is 19.4. The molecule has 0 amide bonds. The van der Waals surface area contributed by atoms with Gasteiger partial charge in [-0.1, -0.05) is 18.2 Å². The summed E-state index contributed by atoms with van der Waals surface area (Å²) in [5, 5.41) is 2.84. The average molecular weight is 297 g/mol. The first-order chi connectivity index (χ1) is 10.0. The Morgan fingerprint density at radius 2 is 1.95 bits per heavy atom. The van der Waals surface area contributed by atoms with Gasteiger partial charge in [-0.25, -0.2) is 9.97 Å². The van der Waals surface area contributed by atoms with Crippen molar-refractivity contribution < 1.29 is 17.9 Å². The molecule has 0 aliphatic carbocycles. The fraction of sp³-hybridized carbons (Fsp3) is 0.286. The Bertz CT molecular complexity index is 602. The normalized spacial score (nSPS) is 11.2. The van der Waals surface area contributed by atoms with E-state index in [-0.39, 0.29) is 12.1 Å². The number of aromatic nitrogens is 2. The zero-order valence-electron chi connectivity index (χ0n) is 11.3. The zero-order valence-corrected chi connectivity index (χ0v) is 11.3. The Kier molecular flexibility index (Phi) is 4.62. The molecule has 112 valence electrons. The highest BCUT2D eigenvalue weighted by Crippen LogP contribution is 2.32. The van der Waals surface area contributed by atoms with Crippen molar-refractivity contribution >= 4 is 5.82 Å². The van der Waals surface area contributed by atoms with Crippen molar-refractivity contribution in [1.29, 1.82) is 0 Å². The van der Waals surface area contributed by atoms with Crippen LogP contribution in [0.25, 0.3) is 0 Å². The number of anilines is 1. The van der Waals surface area contributed by atoms with E-state index in [0.29, 0.717) is 18.3 Å². The topological polar surface area (TPSA) is 47.0 Å². The molecule has 2 rings (SSSR count). The third-order valence-electron chi connectivity index (χ3n) is 2.72. The number of hydrogen-bond donors (Lipinski definition) is 1. The average Bonchev–Trinajstić information content (AvgIpc) is 2.45. The molecule has 0 aliphatic heterocycles. The molecule has 0 saturated carbocycles. The van der Waals surface area contributed by atoms with E-state index in [9.17, 15) is 13.2 Å². The minimum Gasteiger partial charge on any atom is -0.478 e. The lowest BCUT2D eigenvalue weighted by Crippen LogP contribution is -2.12. The molecule has 1 heterocycles. The van der Waals surface area contributed by atoms with Gasteiger partial charge in [0.1, 0.15) is 12.1 Å². The van der Waals surface area contributed by atoms with Crippen molar-refractivity contribution in [2.45, 2.75) is 19.6 Å². The first-order valence-electron chi connectivity index (χ1n) is 6.34. The molecule has 0 aliphatic rings. The molecule has 7 heteroatoms. The van der Waals surface area contributed by atoms with Gasteiger partial charge in [0.15, 0.2) is 0 Å². The fourth-order valence-corrected chi connectivity index (χ4v) is 1.80. The van der Waals surface area contributed by atoms with Crippen molar-refractivity contribution in [3.8, 4) is 5.88 Å². The summed E-state index contributed by atoms with van der Waals surface area (Å²) in [7, 11) is 0. The van der Waals surface area contributed by atoms with E-state index in [0.717, 1.165) is 6.07 Å². The fourth-order valence-electron chi connectivity index (χ4n) is 1.80. The number of hydrogen-bond acceptors (Lipinski definition) is 4. The summed E-state index contributed by atoms with van der Waals surface area (Å²) < 4.78 is 43.8. The standard InChI is InChI=1S/C14H14F3N3O/c1-2-21-13-7-12(19-9-20-13)18-8-10-5-3-4-6-11(10)14(15,16)17/h3-7,9H,2,8H2,1H3,(H,18,19,20). The maximum atomic E-state index is 12.9. The summed E-state index contributed by atoms with van der Waals surface area (Å²) in [6.07, 6.45) is -3.08. The number of alkyl halides is 3. The smallest absolute Gasteiger partial charge is 0.416 e. The molecule has 0 spiro atoms. The zero-order chi connectivity index (χ0) is 15.3. The van der Waals surface area contributed by atoms with Gasteiger partial charge in [-0.05, 0) is 18.6 Å². The number of benzene rings is 1. The van der Waals surface area contributed by atoms with Crippen LogP contribution in [0.5, 0.6) is 5.88 Å². The van der Waals surface area contributed by atoms with E-state index >= 15 is 0 Å². The summed E-state index contributed by atoms with van der Waals surface area (Å²) in [5.41, 5.74) is -0.502. The predicted octanol–water partition coefficient (Wildman–Crippen LogP) is 3.51. The number of nitrogens with one attached hydrogen (secondary N) is 1. The predicted molar refractivity (Wildman–Crippen MR) is 72.0 cm³/mol. The Morgan fingerprint density at radius 1 is 1.19 bits per heavy atom. The minimum absolute atomic E-state index is 0.0122. The van der Waals surface area contributed by atoms with Crippen molar-refractivity contribution in [3.05, 3.63) is 47.8 Å². The third-order valence-corrected chi connectivity index (χ3v) is 2.72. The molecule has 1 N–H and O–H groups in total. The lowest BCUT2D eigenvalue weighted by molar-refractivity contribution is -0.138. The highest BCUT2D eigenvalue weighted by molar-refractivity contribution is 5.40. The maximum Gasteiger partial charge on any atom is 0.416 e. The van der Waals surface area contributed by atoms with Crippen molar-refractivity contribution in [2.24, 2.45) is 0 Å². The van der Waals surface area contributed by atoms with Gasteiger partial charge in [0.05, 0.1) is 12.2 Å². The number of halogens is 3. The Labute approximate surface area is 120 Å². The molecule has 1 aromatic carbocycles. The van der Waals surface area contributed by atoms with E-state index < -0.39 is 11.7 Å². The van der Waals surface area contributed by atoms with Crippen LogP contribution in [0.2, 0.25) is 0 Å². The maximum absolute atomic E-state index is 12.9. The van der Waals surface area contributed by atoms with Crippen molar-refractivity contribution in [2.75, 3.05) is 11.9 Å². The quantitative estimate of drug-likeness (QED) is 0.917. The summed E-state index contributed by atoms with van der Waals surface area (Å²) in [4.78, 5) is 7.83. The first kappa shape index (κ1) is 15.1. The summed E-state index contributed by atoms with van der Waals surface area (Å²) >= 11 is 0. The van der Waals surface area contributed by atoms with Crippen LogP contribution in [0.4, 0.5) is 19.0 Å². The van der Waals surface area contributed by atoms with Crippen LogP contribution in [-0.2, 0) is 12.7 Å². The first-order valence-corrected chi connectivity index (χ1v) is 6.34. The number of ether oxygens (including phenoxy) is 1. The molecule has 0 unspecified atom stereocenters. The molecule has 0 bridgehead atoms. The van der Waals surface area contributed by atoms with Gasteiger partial charge >= 0.3 is 6.18 Å². The highest BCUT2D eigenvalue weighted by Gasteiger charge is 2.32. The Hall–Kier alpha value is -2.31. The lowest BCUT2D eigenvalue weighted by Gasteiger charge is -2.13. The van der Waals surface area contributed by atoms with Gasteiger partial charge in [0.2, 0.25) is 5.88 Å². The van der Waals surface area contributed by atoms with E-state index in [1.807, 2.05) is 6.92 Å². The van der Waals surface area contributed by atoms with Gasteiger partial charge in [0, 0.05) is 12.6 Å². The van der Waals surface area contributed by atoms with Gasteiger partial charge in [-0.15, -0.1) is 0 Å². The molecule has 2 aromatic rings. The molecule has 0 fully saturated rings. The van der Waals surface area contributed by atoms with Crippen molar-refractivity contribution in [1.82, 2.24) is 9.97 Å². The minimum atomic E-state index is -4.37. The summed E-state index contributed by atoms with van der Waals surface area (Å²) in [6.45, 7) is 2.28. The van der Waals surface area contributed by atoms with Crippen LogP contribution >= 0.6 is 0 Å². The third kappa shape index (κ3) is 4.08. The summed E-state index contributed by atoms with van der Waals surface area (Å²) in [6, 6.07) is 6.96. The van der Waals surface area contributed by atoms with E-state index in [1.54, 1.807) is 12.1 Å². The SMILES string of the molecule is CCOc1cc(NCc2ccccc2C(F)(F)F)ncn1. The molecule has 0 radical (unpaired) electrons.